The third-order valence-corrected chi connectivity index (χ3v) is 9.06. The quantitative estimate of drug-likeness (QED) is 0.457. The van der Waals surface area contributed by atoms with Crippen LogP contribution in [0, 0.1) is 0 Å². The van der Waals surface area contributed by atoms with E-state index in [9.17, 15) is 19.2 Å². The molecule has 7 rings (SSSR count). The molecule has 1 aliphatic carbocycles. The van der Waals surface area contributed by atoms with E-state index in [0.717, 1.165) is 36.6 Å². The van der Waals surface area contributed by atoms with E-state index >= 15 is 0 Å². The first-order valence-corrected chi connectivity index (χ1v) is 14.4. The summed E-state index contributed by atoms with van der Waals surface area (Å²) in [6, 6.07) is 16.6. The standard InChI is InChI=1S/C31H26Cl2N4O4/c32-18-2-5-20-21-6-3-19(33)15-24(21)28(23(20)14-18)36-11-9-35(10-12-36)16-17-1-4-22-25(13-17)31(41)37(30(22)40)26-7-8-27(38)34-29(26)39/h1-6,13-15,26,28H,7-12,16H2,(H,34,38,39). The maximum Gasteiger partial charge on any atom is 0.262 e. The van der Waals surface area contributed by atoms with Gasteiger partial charge in [0, 0.05) is 49.2 Å². The highest BCUT2D eigenvalue weighted by molar-refractivity contribution is 6.31. The summed E-state index contributed by atoms with van der Waals surface area (Å²) in [4.78, 5) is 55.9. The van der Waals surface area contributed by atoms with Crippen molar-refractivity contribution in [1.29, 1.82) is 0 Å². The number of amides is 4. The van der Waals surface area contributed by atoms with Crippen LogP contribution in [-0.4, -0.2) is 70.5 Å². The number of imide groups is 2. The molecule has 41 heavy (non-hydrogen) atoms. The van der Waals surface area contributed by atoms with Gasteiger partial charge in [-0.25, -0.2) is 0 Å². The molecular weight excluding hydrogens is 563 g/mol. The van der Waals surface area contributed by atoms with Crippen LogP contribution in [0.4, 0.5) is 0 Å². The second kappa shape index (κ2) is 10.1. The Bertz CT molecular complexity index is 1600. The molecule has 1 atom stereocenters. The van der Waals surface area contributed by atoms with E-state index in [1.807, 2.05) is 18.2 Å². The van der Waals surface area contributed by atoms with Crippen molar-refractivity contribution in [3.63, 3.8) is 0 Å². The van der Waals surface area contributed by atoms with Crippen LogP contribution >= 0.6 is 23.2 Å². The SMILES string of the molecule is O=C1CCC(N2C(=O)c3ccc(CN4CCN(C5c6cc(Cl)ccc6-c6ccc(Cl)cc65)CC4)cc3C2=O)C(=O)N1. The predicted octanol–water partition coefficient (Wildman–Crippen LogP) is 4.28. The normalized spacial score (nSPS) is 21.2. The summed E-state index contributed by atoms with van der Waals surface area (Å²) in [6.45, 7) is 3.97. The first kappa shape index (κ1) is 26.3. The van der Waals surface area contributed by atoms with Crippen LogP contribution in [-0.2, 0) is 16.1 Å². The first-order chi connectivity index (χ1) is 19.8. The van der Waals surface area contributed by atoms with Crippen molar-refractivity contribution in [2.45, 2.75) is 31.5 Å². The van der Waals surface area contributed by atoms with Gasteiger partial charge in [-0.05, 0) is 70.6 Å². The molecule has 3 aliphatic heterocycles. The maximum absolute atomic E-state index is 13.2. The Kier molecular flexibility index (Phi) is 6.47. The van der Waals surface area contributed by atoms with Gasteiger partial charge in [0.05, 0.1) is 17.2 Å². The highest BCUT2D eigenvalue weighted by Crippen LogP contribution is 2.48. The molecule has 0 aromatic heterocycles. The number of fused-ring (bicyclic) bond motifs is 4. The van der Waals surface area contributed by atoms with Gasteiger partial charge in [0.1, 0.15) is 6.04 Å². The lowest BCUT2D eigenvalue weighted by Crippen LogP contribution is -2.54. The van der Waals surface area contributed by atoms with E-state index in [4.69, 9.17) is 23.2 Å². The number of halogens is 2. The van der Waals surface area contributed by atoms with Crippen LogP contribution in [0.1, 0.15) is 56.3 Å². The molecule has 4 aliphatic rings. The highest BCUT2D eigenvalue weighted by atomic mass is 35.5. The first-order valence-electron chi connectivity index (χ1n) is 13.7. The van der Waals surface area contributed by atoms with Gasteiger partial charge in [0.15, 0.2) is 0 Å². The van der Waals surface area contributed by atoms with Gasteiger partial charge < -0.3 is 0 Å². The molecule has 2 fully saturated rings. The van der Waals surface area contributed by atoms with Crippen LogP contribution in [0.25, 0.3) is 11.1 Å². The number of carbonyl (C=O) groups excluding carboxylic acids is 4. The van der Waals surface area contributed by atoms with Crippen LogP contribution < -0.4 is 5.32 Å². The molecule has 0 spiro atoms. The molecule has 1 N–H and O–H groups in total. The minimum Gasteiger partial charge on any atom is -0.297 e. The number of hydrogen-bond acceptors (Lipinski definition) is 6. The fourth-order valence-corrected chi connectivity index (χ4v) is 6.99. The lowest BCUT2D eigenvalue weighted by Gasteiger charge is -2.39. The van der Waals surface area contributed by atoms with Gasteiger partial charge in [-0.2, -0.15) is 0 Å². The van der Waals surface area contributed by atoms with E-state index in [1.54, 1.807) is 12.1 Å². The van der Waals surface area contributed by atoms with E-state index < -0.39 is 23.8 Å². The van der Waals surface area contributed by atoms with Crippen LogP contribution in [0.5, 0.6) is 0 Å². The number of hydrogen-bond donors (Lipinski definition) is 1. The maximum atomic E-state index is 13.2. The van der Waals surface area contributed by atoms with Gasteiger partial charge in [-0.3, -0.25) is 39.2 Å². The number of rotatable bonds is 4. The molecule has 0 saturated carbocycles. The number of benzene rings is 3. The van der Waals surface area contributed by atoms with Gasteiger partial charge in [0.25, 0.3) is 11.8 Å². The molecule has 0 bridgehead atoms. The fourth-order valence-electron chi connectivity index (χ4n) is 6.63. The predicted molar refractivity (Wildman–Crippen MR) is 154 cm³/mol. The van der Waals surface area contributed by atoms with Gasteiger partial charge in [0.2, 0.25) is 11.8 Å². The monoisotopic (exact) mass is 588 g/mol. The zero-order valence-electron chi connectivity index (χ0n) is 22.0. The summed E-state index contributed by atoms with van der Waals surface area (Å²) < 4.78 is 0. The zero-order valence-corrected chi connectivity index (χ0v) is 23.5. The Morgan fingerprint density at radius 1 is 0.732 bits per heavy atom. The van der Waals surface area contributed by atoms with Gasteiger partial charge >= 0.3 is 0 Å². The van der Waals surface area contributed by atoms with E-state index in [1.165, 1.54) is 22.3 Å². The summed E-state index contributed by atoms with van der Waals surface area (Å²) in [7, 11) is 0. The number of carbonyl (C=O) groups is 4. The van der Waals surface area contributed by atoms with Crippen molar-refractivity contribution in [2.24, 2.45) is 0 Å². The number of piperazine rings is 1. The molecule has 208 valence electrons. The van der Waals surface area contributed by atoms with Crippen molar-refractivity contribution in [3.05, 3.63) is 92.5 Å². The molecule has 3 aromatic carbocycles. The Morgan fingerprint density at radius 3 is 1.98 bits per heavy atom. The zero-order chi connectivity index (χ0) is 28.4. The van der Waals surface area contributed by atoms with E-state index in [0.29, 0.717) is 27.7 Å². The summed E-state index contributed by atoms with van der Waals surface area (Å²) in [5.41, 5.74) is 6.32. The Balaban J connectivity index is 1.06. The lowest BCUT2D eigenvalue weighted by molar-refractivity contribution is -0.136. The molecule has 3 heterocycles. The Hall–Kier alpha value is -3.56. The molecule has 10 heteroatoms. The highest BCUT2D eigenvalue weighted by Gasteiger charge is 2.44. The average molecular weight is 589 g/mol. The van der Waals surface area contributed by atoms with E-state index in [-0.39, 0.29) is 24.8 Å². The fraction of sp³-hybridized carbons (Fsp3) is 0.290. The molecule has 1 unspecified atom stereocenters. The molecule has 8 nitrogen and oxygen atoms in total. The Morgan fingerprint density at radius 2 is 1.34 bits per heavy atom. The van der Waals surface area contributed by atoms with E-state index in [2.05, 4.69) is 39.4 Å². The summed E-state index contributed by atoms with van der Waals surface area (Å²) in [6.07, 6.45) is 0.237. The number of nitrogens with zero attached hydrogens (tertiary/aromatic N) is 3. The topological polar surface area (TPSA) is 90.0 Å². The molecule has 0 radical (unpaired) electrons. The summed E-state index contributed by atoms with van der Waals surface area (Å²) in [5.74, 6) is -1.97. The number of nitrogens with one attached hydrogen (secondary N) is 1. The lowest BCUT2D eigenvalue weighted by atomic mass is 10.0. The van der Waals surface area contributed by atoms with Crippen molar-refractivity contribution >= 4 is 46.8 Å². The third kappa shape index (κ3) is 4.46. The summed E-state index contributed by atoms with van der Waals surface area (Å²) >= 11 is 12.8. The largest absolute Gasteiger partial charge is 0.297 e. The molecular formula is C31H26Cl2N4O4. The second-order valence-corrected chi connectivity index (χ2v) is 11.9. The van der Waals surface area contributed by atoms with Crippen LogP contribution in [0.2, 0.25) is 10.0 Å². The van der Waals surface area contributed by atoms with Crippen LogP contribution in [0.3, 0.4) is 0 Å². The van der Waals surface area contributed by atoms with Crippen molar-refractivity contribution in [3.8, 4) is 11.1 Å². The average Bonchev–Trinajstić information content (AvgIpc) is 3.39. The Labute approximate surface area is 246 Å². The molecule has 2 saturated heterocycles. The van der Waals surface area contributed by atoms with Crippen molar-refractivity contribution < 1.29 is 19.2 Å². The minimum atomic E-state index is -0.966. The minimum absolute atomic E-state index is 0.0847. The molecule has 3 aromatic rings. The third-order valence-electron chi connectivity index (χ3n) is 8.59. The van der Waals surface area contributed by atoms with Gasteiger partial charge in [-0.15, -0.1) is 0 Å². The van der Waals surface area contributed by atoms with Crippen LogP contribution in [0.15, 0.2) is 54.6 Å². The van der Waals surface area contributed by atoms with Crippen molar-refractivity contribution in [1.82, 2.24) is 20.0 Å². The molecule has 4 amide bonds. The smallest absolute Gasteiger partial charge is 0.262 e. The second-order valence-electron chi connectivity index (χ2n) is 11.0. The van der Waals surface area contributed by atoms with Gasteiger partial charge in [-0.1, -0.05) is 41.4 Å². The van der Waals surface area contributed by atoms with Crippen molar-refractivity contribution in [2.75, 3.05) is 26.2 Å². The summed E-state index contributed by atoms with van der Waals surface area (Å²) in [5, 5.41) is 3.66. The number of piperidine rings is 1.